The number of aromatic nitrogens is 2. The number of benzene rings is 2. The Morgan fingerprint density at radius 1 is 1.05 bits per heavy atom. The molecule has 2 aromatic heterocycles. The molecule has 1 N–H and O–H groups in total. The first-order chi connectivity index (χ1) is 18.1. The summed E-state index contributed by atoms with van der Waals surface area (Å²) in [5, 5.41) is 14.1. The van der Waals surface area contributed by atoms with Crippen LogP contribution in [0.1, 0.15) is 43.0 Å². The van der Waals surface area contributed by atoms with Crippen LogP contribution in [0.25, 0.3) is 22.4 Å². The normalized spacial score (nSPS) is 18.9. The van der Waals surface area contributed by atoms with Crippen LogP contribution >= 0.6 is 0 Å². The van der Waals surface area contributed by atoms with Gasteiger partial charge in [-0.25, -0.2) is 14.9 Å². The Labute approximate surface area is 214 Å². The predicted octanol–water partition coefficient (Wildman–Crippen LogP) is 5.87. The number of rotatable bonds is 7. The third-order valence-corrected chi connectivity index (χ3v) is 7.30. The van der Waals surface area contributed by atoms with E-state index in [1.54, 1.807) is 31.0 Å². The first-order valence-corrected chi connectivity index (χ1v) is 12.5. The van der Waals surface area contributed by atoms with Gasteiger partial charge in [0.2, 0.25) is 5.90 Å². The van der Waals surface area contributed by atoms with E-state index in [0.29, 0.717) is 59.3 Å². The van der Waals surface area contributed by atoms with Gasteiger partial charge in [0.25, 0.3) is 0 Å². The fourth-order valence-electron chi connectivity index (χ4n) is 5.34. The quantitative estimate of drug-likeness (QED) is 0.248. The maximum atomic E-state index is 8.84. The van der Waals surface area contributed by atoms with Crippen LogP contribution in [0.4, 0.5) is 0 Å². The Hall–Kier alpha value is -3.98. The molecule has 2 aliphatic rings. The van der Waals surface area contributed by atoms with Crippen molar-refractivity contribution in [1.29, 1.82) is 0 Å². The van der Waals surface area contributed by atoms with E-state index in [4.69, 9.17) is 23.9 Å². The highest BCUT2D eigenvalue weighted by molar-refractivity contribution is 5.89. The summed E-state index contributed by atoms with van der Waals surface area (Å²) in [6, 6.07) is 13.4. The zero-order chi connectivity index (χ0) is 25.4. The van der Waals surface area contributed by atoms with Crippen molar-refractivity contribution in [1.82, 2.24) is 9.66 Å². The minimum atomic E-state index is 0.434. The molecule has 192 valence electrons. The topological polar surface area (TPSA) is 100 Å². The highest BCUT2D eigenvalue weighted by atomic mass is 17.1. The van der Waals surface area contributed by atoms with Crippen LogP contribution in [0.5, 0.6) is 17.2 Å². The van der Waals surface area contributed by atoms with Gasteiger partial charge in [-0.2, -0.15) is 0 Å². The van der Waals surface area contributed by atoms with Crippen molar-refractivity contribution in [3.05, 3.63) is 60.0 Å². The molecular weight excluding hydrogens is 474 g/mol. The maximum Gasteiger partial charge on any atom is 0.214 e. The van der Waals surface area contributed by atoms with Crippen molar-refractivity contribution in [3.8, 4) is 28.7 Å². The monoisotopic (exact) mass is 503 g/mol. The molecule has 2 atom stereocenters. The van der Waals surface area contributed by atoms with E-state index in [1.807, 2.05) is 36.5 Å². The number of nitrogens with zero attached hydrogens (tertiary/aromatic N) is 3. The maximum absolute atomic E-state index is 8.84. The number of furan rings is 1. The van der Waals surface area contributed by atoms with Gasteiger partial charge < -0.3 is 23.5 Å². The Bertz CT molecular complexity index is 1440. The zero-order valence-corrected chi connectivity index (χ0v) is 20.8. The van der Waals surface area contributed by atoms with Crippen LogP contribution in [0, 0.1) is 5.92 Å². The number of hydrogen-bond donors (Lipinski definition) is 1. The molecule has 1 aliphatic heterocycles. The summed E-state index contributed by atoms with van der Waals surface area (Å²) in [4.78, 5) is 9.00. The van der Waals surface area contributed by atoms with Gasteiger partial charge in [0, 0.05) is 12.1 Å². The molecule has 0 spiro atoms. The smallest absolute Gasteiger partial charge is 0.214 e. The Kier molecular flexibility index (Phi) is 6.21. The fourth-order valence-corrected chi connectivity index (χ4v) is 5.34. The molecule has 9 nitrogen and oxygen atoms in total. The lowest BCUT2D eigenvalue weighted by Gasteiger charge is -2.29. The second-order valence-electron chi connectivity index (χ2n) is 9.61. The molecule has 1 fully saturated rings. The van der Waals surface area contributed by atoms with Gasteiger partial charge in [-0.05, 0) is 54.9 Å². The molecule has 37 heavy (non-hydrogen) atoms. The lowest BCUT2D eigenvalue weighted by molar-refractivity contribution is -0.137. The Balaban J connectivity index is 1.20. The van der Waals surface area contributed by atoms with Gasteiger partial charge in [-0.1, -0.05) is 18.6 Å². The van der Waals surface area contributed by atoms with Crippen molar-refractivity contribution >= 4 is 16.9 Å². The molecule has 1 saturated carbocycles. The lowest BCUT2D eigenvalue weighted by atomic mass is 9.78. The minimum absolute atomic E-state index is 0.434. The van der Waals surface area contributed by atoms with Crippen LogP contribution in [-0.2, 0) is 11.2 Å². The molecule has 6 rings (SSSR count). The van der Waals surface area contributed by atoms with Crippen LogP contribution in [0.15, 0.2) is 58.2 Å². The number of imidazole rings is 1. The van der Waals surface area contributed by atoms with Gasteiger partial charge in [0.15, 0.2) is 11.5 Å². The average Bonchev–Trinajstić information content (AvgIpc) is 3.65. The molecule has 0 radical (unpaired) electrons. The highest BCUT2D eigenvalue weighted by Crippen LogP contribution is 2.40. The van der Waals surface area contributed by atoms with Crippen molar-refractivity contribution in [2.75, 3.05) is 20.8 Å². The summed E-state index contributed by atoms with van der Waals surface area (Å²) < 4.78 is 25.0. The minimum Gasteiger partial charge on any atom is -0.496 e. The summed E-state index contributed by atoms with van der Waals surface area (Å²) in [6.45, 7) is 0.615. The summed E-state index contributed by atoms with van der Waals surface area (Å²) in [5.74, 6) is 4.87. The molecule has 9 heteroatoms. The second-order valence-corrected chi connectivity index (χ2v) is 9.61. The summed E-state index contributed by atoms with van der Waals surface area (Å²) in [7, 11) is 3.25. The lowest BCUT2D eigenvalue weighted by Crippen LogP contribution is -2.20. The molecule has 0 amide bonds. The van der Waals surface area contributed by atoms with E-state index >= 15 is 0 Å². The molecule has 4 aromatic rings. The van der Waals surface area contributed by atoms with E-state index in [0.717, 1.165) is 42.6 Å². The first kappa shape index (κ1) is 23.4. The molecule has 0 bridgehead atoms. The van der Waals surface area contributed by atoms with Crippen molar-refractivity contribution in [2.24, 2.45) is 11.0 Å². The summed E-state index contributed by atoms with van der Waals surface area (Å²) >= 11 is 0. The second kappa shape index (κ2) is 9.82. The molecule has 1 aliphatic carbocycles. The summed E-state index contributed by atoms with van der Waals surface area (Å²) in [5.41, 5.74) is 2.66. The van der Waals surface area contributed by atoms with Gasteiger partial charge in [0.05, 0.1) is 38.8 Å². The highest BCUT2D eigenvalue weighted by Gasteiger charge is 2.25. The number of methoxy groups -OCH3 is 2. The Morgan fingerprint density at radius 3 is 2.68 bits per heavy atom. The van der Waals surface area contributed by atoms with E-state index in [2.05, 4.69) is 15.0 Å². The third kappa shape index (κ3) is 4.62. The van der Waals surface area contributed by atoms with Crippen LogP contribution in [-0.4, -0.2) is 41.6 Å². The van der Waals surface area contributed by atoms with Crippen molar-refractivity contribution in [3.63, 3.8) is 0 Å². The number of fused-ring (bicyclic) bond motifs is 2. The Morgan fingerprint density at radius 2 is 1.92 bits per heavy atom. The average molecular weight is 504 g/mol. The van der Waals surface area contributed by atoms with E-state index in [9.17, 15) is 0 Å². The van der Waals surface area contributed by atoms with Gasteiger partial charge in [-0.15, -0.1) is 5.10 Å². The van der Waals surface area contributed by atoms with Crippen LogP contribution in [0.2, 0.25) is 0 Å². The van der Waals surface area contributed by atoms with E-state index in [1.165, 1.54) is 5.56 Å². The van der Waals surface area contributed by atoms with Gasteiger partial charge in [-0.3, -0.25) is 0 Å². The number of ether oxygens (including phenoxy) is 3. The number of hydrogen-bond acceptors (Lipinski definition) is 8. The SMILES string of the molecule is COC1=Nn2cc(-c3cc4c(OCC5CCCC(c6ccc(OO)cc6)C5)cc(OC)cc4o3)nc2C1. The van der Waals surface area contributed by atoms with Crippen LogP contribution < -0.4 is 14.4 Å². The van der Waals surface area contributed by atoms with Crippen molar-refractivity contribution < 1.29 is 28.8 Å². The predicted molar refractivity (Wildman–Crippen MR) is 137 cm³/mol. The third-order valence-electron chi connectivity index (χ3n) is 7.30. The largest absolute Gasteiger partial charge is 0.496 e. The molecule has 3 heterocycles. The fraction of sp³-hybridized carbons (Fsp3) is 0.357. The van der Waals surface area contributed by atoms with Gasteiger partial charge >= 0.3 is 0 Å². The molecule has 2 unspecified atom stereocenters. The van der Waals surface area contributed by atoms with Gasteiger partial charge in [0.1, 0.15) is 28.6 Å². The van der Waals surface area contributed by atoms with E-state index in [-0.39, 0.29) is 0 Å². The molecule has 2 aromatic carbocycles. The van der Waals surface area contributed by atoms with Crippen LogP contribution in [0.3, 0.4) is 0 Å². The molecule has 0 saturated heterocycles. The zero-order valence-electron chi connectivity index (χ0n) is 20.8. The molecular formula is C28H29N3O6. The standard InChI is InChI=1S/C28H29N3O6/c1-33-21-11-24(35-16-17-4-3-5-19(10-17)18-6-8-20(37-32)9-7-18)22-13-26(36-25(22)12-21)23-15-31-27(29-23)14-28(30-31)34-2/h6-9,11-13,15,17,19,32H,3-5,10,14,16H2,1-2H3. The van der Waals surface area contributed by atoms with Crippen molar-refractivity contribution in [2.45, 2.75) is 38.0 Å². The first-order valence-electron chi connectivity index (χ1n) is 12.5. The van der Waals surface area contributed by atoms with E-state index < -0.39 is 0 Å². The summed E-state index contributed by atoms with van der Waals surface area (Å²) in [6.07, 6.45) is 6.88.